The highest BCUT2D eigenvalue weighted by Crippen LogP contribution is 2.26. The van der Waals surface area contributed by atoms with Gasteiger partial charge in [0.2, 0.25) is 15.9 Å². The molecular weight excluding hydrogens is 290 g/mol. The molecule has 0 aliphatic heterocycles. The van der Waals surface area contributed by atoms with Crippen molar-refractivity contribution in [1.29, 1.82) is 0 Å². The Hall–Kier alpha value is -1.29. The molecule has 0 unspecified atom stereocenters. The Bertz CT molecular complexity index is 675. The van der Waals surface area contributed by atoms with E-state index in [1.165, 1.54) is 11.3 Å². The first-order valence-electron chi connectivity index (χ1n) is 5.40. The van der Waals surface area contributed by atoms with E-state index in [4.69, 9.17) is 9.63 Å². The summed E-state index contributed by atoms with van der Waals surface area (Å²) in [5.74, 6) is 0.636. The van der Waals surface area contributed by atoms with E-state index in [0.717, 1.165) is 0 Å². The van der Waals surface area contributed by atoms with Crippen LogP contribution in [0.1, 0.15) is 22.2 Å². The van der Waals surface area contributed by atoms with Gasteiger partial charge in [-0.05, 0) is 24.8 Å². The first-order chi connectivity index (χ1) is 8.94. The molecular formula is C10H13N3O4S2. The molecule has 2 rings (SSSR count). The molecule has 0 spiro atoms. The van der Waals surface area contributed by atoms with E-state index in [1.54, 1.807) is 19.2 Å². The van der Waals surface area contributed by atoms with Crippen LogP contribution in [0, 0.1) is 13.8 Å². The van der Waals surface area contributed by atoms with Gasteiger partial charge in [0.05, 0.1) is 18.0 Å². The Labute approximate surface area is 114 Å². The zero-order valence-corrected chi connectivity index (χ0v) is 12.0. The van der Waals surface area contributed by atoms with Crippen LogP contribution in [0.4, 0.5) is 0 Å². The van der Waals surface area contributed by atoms with Crippen molar-refractivity contribution >= 4 is 21.4 Å². The molecule has 104 valence electrons. The second-order valence-corrected chi connectivity index (χ2v) is 6.56. The van der Waals surface area contributed by atoms with Crippen LogP contribution < -0.4 is 4.72 Å². The smallest absolute Gasteiger partial charge is 0.242 e. The van der Waals surface area contributed by atoms with Crippen molar-refractivity contribution in [3.63, 3.8) is 0 Å². The van der Waals surface area contributed by atoms with Crippen molar-refractivity contribution in [2.24, 2.45) is 0 Å². The fraction of sp³-hybridized carbons (Fsp3) is 0.400. The maximum atomic E-state index is 12.2. The number of hydrogen-bond donors (Lipinski definition) is 2. The summed E-state index contributed by atoms with van der Waals surface area (Å²) in [5.41, 5.74) is 0.600. The van der Waals surface area contributed by atoms with Crippen LogP contribution in [0.5, 0.6) is 0 Å². The van der Waals surface area contributed by atoms with Crippen LogP contribution in [0.3, 0.4) is 0 Å². The van der Waals surface area contributed by atoms with E-state index >= 15 is 0 Å². The van der Waals surface area contributed by atoms with Gasteiger partial charge in [0.1, 0.15) is 4.90 Å². The summed E-state index contributed by atoms with van der Waals surface area (Å²) in [6.45, 7) is 2.94. The number of rotatable bonds is 5. The Morgan fingerprint density at radius 3 is 2.79 bits per heavy atom. The fourth-order valence-electron chi connectivity index (χ4n) is 1.60. The highest BCUT2D eigenvalue weighted by atomic mass is 32.2. The van der Waals surface area contributed by atoms with Crippen molar-refractivity contribution in [2.45, 2.75) is 31.9 Å². The molecule has 0 aliphatic rings. The van der Waals surface area contributed by atoms with E-state index in [0.29, 0.717) is 16.3 Å². The molecule has 2 heterocycles. The fourth-order valence-corrected chi connectivity index (χ4v) is 4.23. The van der Waals surface area contributed by atoms with Gasteiger partial charge >= 0.3 is 0 Å². The Kier molecular flexibility index (Phi) is 3.99. The van der Waals surface area contributed by atoms with Crippen molar-refractivity contribution in [1.82, 2.24) is 14.9 Å². The molecule has 0 aromatic carbocycles. The van der Waals surface area contributed by atoms with Gasteiger partial charge in [-0.1, -0.05) is 5.16 Å². The third-order valence-corrected chi connectivity index (χ3v) is 5.23. The van der Waals surface area contributed by atoms with Crippen molar-refractivity contribution in [3.8, 4) is 0 Å². The molecule has 0 radical (unpaired) electrons. The Morgan fingerprint density at radius 1 is 1.47 bits per heavy atom. The minimum Gasteiger partial charge on any atom is -0.391 e. The minimum absolute atomic E-state index is 0.0800. The lowest BCUT2D eigenvalue weighted by molar-refractivity contribution is 0.282. The van der Waals surface area contributed by atoms with Crippen LogP contribution in [0.2, 0.25) is 0 Å². The molecule has 0 bridgehead atoms. The number of sulfonamides is 1. The summed E-state index contributed by atoms with van der Waals surface area (Å²) >= 11 is 1.21. The maximum absolute atomic E-state index is 12.2. The van der Waals surface area contributed by atoms with Crippen molar-refractivity contribution in [3.05, 3.63) is 27.5 Å². The first kappa shape index (κ1) is 14.1. The predicted octanol–water partition coefficient (Wildman–Crippen LogP) is 0.719. The topological polar surface area (TPSA) is 105 Å². The molecule has 0 aliphatic carbocycles. The minimum atomic E-state index is -3.71. The second kappa shape index (κ2) is 5.37. The molecule has 2 aromatic rings. The SMILES string of the molecule is Cc1noc(CNS(=O)(=O)c2c(C)csc2CO)n1. The summed E-state index contributed by atoms with van der Waals surface area (Å²) in [7, 11) is -3.71. The largest absolute Gasteiger partial charge is 0.391 e. The average Bonchev–Trinajstić information content (AvgIpc) is 2.93. The van der Waals surface area contributed by atoms with Gasteiger partial charge in [-0.3, -0.25) is 0 Å². The number of aliphatic hydroxyl groups excluding tert-OH is 1. The normalized spacial score (nSPS) is 11.9. The second-order valence-electron chi connectivity index (χ2n) is 3.89. The van der Waals surface area contributed by atoms with E-state index in [1.807, 2.05) is 0 Å². The van der Waals surface area contributed by atoms with E-state index < -0.39 is 10.0 Å². The molecule has 0 saturated heterocycles. The summed E-state index contributed by atoms with van der Waals surface area (Å²) in [6.07, 6.45) is 0. The number of nitrogens with zero attached hydrogens (tertiary/aromatic N) is 2. The van der Waals surface area contributed by atoms with Gasteiger partial charge in [0.15, 0.2) is 5.82 Å². The molecule has 7 nitrogen and oxygen atoms in total. The zero-order valence-electron chi connectivity index (χ0n) is 10.4. The van der Waals surface area contributed by atoms with Crippen LogP contribution in [-0.2, 0) is 23.2 Å². The van der Waals surface area contributed by atoms with Crippen molar-refractivity contribution in [2.75, 3.05) is 0 Å². The van der Waals surface area contributed by atoms with E-state index in [9.17, 15) is 8.42 Å². The quantitative estimate of drug-likeness (QED) is 0.843. The van der Waals surface area contributed by atoms with Crippen molar-refractivity contribution < 1.29 is 18.0 Å². The Morgan fingerprint density at radius 2 is 2.21 bits per heavy atom. The van der Waals surface area contributed by atoms with Gasteiger partial charge in [-0.25, -0.2) is 13.1 Å². The molecule has 2 N–H and O–H groups in total. The summed E-state index contributed by atoms with van der Waals surface area (Å²) < 4.78 is 31.5. The first-order valence-corrected chi connectivity index (χ1v) is 7.77. The number of aryl methyl sites for hydroxylation is 2. The van der Waals surface area contributed by atoms with E-state index in [-0.39, 0.29) is 23.9 Å². The van der Waals surface area contributed by atoms with Gasteiger partial charge < -0.3 is 9.63 Å². The molecule has 0 amide bonds. The number of aromatic nitrogens is 2. The van der Waals surface area contributed by atoms with Gasteiger partial charge in [-0.2, -0.15) is 4.98 Å². The van der Waals surface area contributed by atoms with Gasteiger partial charge in [0.25, 0.3) is 0 Å². The summed E-state index contributed by atoms with van der Waals surface area (Å²) in [5, 5.41) is 14.4. The highest BCUT2D eigenvalue weighted by Gasteiger charge is 2.23. The molecule has 2 aromatic heterocycles. The van der Waals surface area contributed by atoms with Crippen LogP contribution >= 0.6 is 11.3 Å². The molecule has 0 saturated carbocycles. The van der Waals surface area contributed by atoms with Crippen LogP contribution in [0.25, 0.3) is 0 Å². The summed E-state index contributed by atoms with van der Waals surface area (Å²) in [4.78, 5) is 4.44. The third-order valence-electron chi connectivity index (χ3n) is 2.38. The highest BCUT2D eigenvalue weighted by molar-refractivity contribution is 7.89. The third kappa shape index (κ3) is 3.00. The maximum Gasteiger partial charge on any atom is 0.242 e. The number of hydrogen-bond acceptors (Lipinski definition) is 7. The molecule has 0 fully saturated rings. The Balaban J connectivity index is 2.20. The zero-order chi connectivity index (χ0) is 14.0. The number of nitrogens with one attached hydrogen (secondary N) is 1. The van der Waals surface area contributed by atoms with Crippen LogP contribution in [-0.4, -0.2) is 23.7 Å². The lowest BCUT2D eigenvalue weighted by Crippen LogP contribution is -2.24. The molecule has 19 heavy (non-hydrogen) atoms. The standard InChI is InChI=1S/C10H13N3O4S2/c1-6-5-18-8(4-14)10(6)19(15,16)11-3-9-12-7(2)13-17-9/h5,11,14H,3-4H2,1-2H3. The average molecular weight is 303 g/mol. The van der Waals surface area contributed by atoms with Crippen LogP contribution in [0.15, 0.2) is 14.8 Å². The number of aliphatic hydroxyl groups is 1. The predicted molar refractivity (Wildman–Crippen MR) is 68.0 cm³/mol. The monoisotopic (exact) mass is 303 g/mol. The van der Waals surface area contributed by atoms with E-state index in [2.05, 4.69) is 14.9 Å². The molecule has 9 heteroatoms. The number of thiophene rings is 1. The summed E-state index contributed by atoms with van der Waals surface area (Å²) in [6, 6.07) is 0. The molecule has 0 atom stereocenters. The lowest BCUT2D eigenvalue weighted by Gasteiger charge is -2.06. The van der Waals surface area contributed by atoms with Gasteiger partial charge in [-0.15, -0.1) is 11.3 Å². The van der Waals surface area contributed by atoms with Gasteiger partial charge in [0, 0.05) is 0 Å². The lowest BCUT2D eigenvalue weighted by atomic mass is 10.3.